The fraction of sp³-hybridized carbons (Fsp3) is 0.0392. The molecule has 1 aliphatic rings. The van der Waals surface area contributed by atoms with Gasteiger partial charge in [0.25, 0.3) is 0 Å². The number of nitrogens with zero attached hydrogens (tertiary/aromatic N) is 3. The molecule has 2 N–H and O–H groups in total. The van der Waals surface area contributed by atoms with Gasteiger partial charge in [-0.25, -0.2) is 4.99 Å². The number of fused-ring (bicyclic) bond motifs is 10. The predicted octanol–water partition coefficient (Wildman–Crippen LogP) is 12.1. The number of para-hydroxylation sites is 3. The van der Waals surface area contributed by atoms with E-state index < -0.39 is 0 Å². The first-order chi connectivity index (χ1) is 28.3. The first-order valence-electron chi connectivity index (χ1n) is 19.4. The van der Waals surface area contributed by atoms with Gasteiger partial charge >= 0.3 is 0 Å². The maximum atomic E-state index is 6.53. The molecule has 0 spiro atoms. The standard InChI is InChI=1S/C51H35N5O/c1-4-15-32(16-5-1)49-52-50(33-17-6-2-7-18-33)54-51(53-49)34-19-14-22-36(29-34)56-42-25-12-10-23-37(42)39-27-28-43-47(48(39)56)41-31-46-40(38-24-11-13-26-45(38)57-46)30-44(41)55(43)35-20-8-3-9-21-35/h1-31,49-50,52H,(H,53,54). The van der Waals surface area contributed by atoms with Crippen LogP contribution in [0.4, 0.5) is 0 Å². The Morgan fingerprint density at radius 1 is 0.456 bits per heavy atom. The number of nitrogens with one attached hydrogen (secondary N) is 2. The molecule has 1 aliphatic heterocycles. The number of aromatic nitrogens is 2. The SMILES string of the molecule is c1ccc(C2N=C(c3cccc(-n4c5ccccc5c5ccc6c(c7cc8oc9ccccc9c8cc7n6-c6ccccc6)c54)c3)NC(c3ccccc3)N2)cc1. The van der Waals surface area contributed by atoms with Gasteiger partial charge in [-0.05, 0) is 65.7 Å². The molecule has 0 bridgehead atoms. The van der Waals surface area contributed by atoms with Gasteiger partial charge in [-0.1, -0.05) is 133 Å². The van der Waals surface area contributed by atoms with Crippen molar-refractivity contribution in [2.45, 2.75) is 12.3 Å². The van der Waals surface area contributed by atoms with Crippen LogP contribution in [0.5, 0.6) is 0 Å². The fourth-order valence-electron chi connectivity index (χ4n) is 9.02. The number of aliphatic imine (C=N–C) groups is 1. The maximum Gasteiger partial charge on any atom is 0.136 e. The highest BCUT2D eigenvalue weighted by Crippen LogP contribution is 2.44. The minimum atomic E-state index is -0.219. The topological polar surface area (TPSA) is 59.4 Å². The first-order valence-corrected chi connectivity index (χ1v) is 19.4. The quantitative estimate of drug-likeness (QED) is 0.185. The molecule has 0 aliphatic carbocycles. The van der Waals surface area contributed by atoms with Crippen LogP contribution in [0.1, 0.15) is 29.0 Å². The number of amidine groups is 1. The van der Waals surface area contributed by atoms with E-state index in [0.717, 1.165) is 83.3 Å². The number of furan rings is 1. The van der Waals surface area contributed by atoms with Crippen molar-refractivity contribution in [1.29, 1.82) is 0 Å². The third-order valence-electron chi connectivity index (χ3n) is 11.6. The van der Waals surface area contributed by atoms with E-state index in [1.165, 1.54) is 16.2 Å². The summed E-state index contributed by atoms with van der Waals surface area (Å²) in [5, 5.41) is 14.5. The van der Waals surface area contributed by atoms with Crippen LogP contribution in [0.25, 0.3) is 76.9 Å². The van der Waals surface area contributed by atoms with E-state index >= 15 is 0 Å². The second kappa shape index (κ2) is 12.6. The monoisotopic (exact) mass is 733 g/mol. The number of hydrogen-bond acceptors (Lipinski definition) is 4. The van der Waals surface area contributed by atoms with E-state index in [1.807, 2.05) is 12.1 Å². The molecule has 8 aromatic carbocycles. The summed E-state index contributed by atoms with van der Waals surface area (Å²) in [6.07, 6.45) is -0.344. The lowest BCUT2D eigenvalue weighted by Crippen LogP contribution is -2.44. The highest BCUT2D eigenvalue weighted by Gasteiger charge is 2.27. The molecule has 57 heavy (non-hydrogen) atoms. The summed E-state index contributed by atoms with van der Waals surface area (Å²) in [6, 6.07) is 66.7. The van der Waals surface area contributed by atoms with Crippen LogP contribution >= 0.6 is 0 Å². The summed E-state index contributed by atoms with van der Waals surface area (Å²) in [7, 11) is 0. The van der Waals surface area contributed by atoms with Gasteiger partial charge in [0.1, 0.15) is 29.3 Å². The molecular formula is C51H35N5O. The minimum Gasteiger partial charge on any atom is -0.456 e. The van der Waals surface area contributed by atoms with Crippen LogP contribution in [0.15, 0.2) is 197 Å². The number of benzene rings is 8. The normalized spacial score (nSPS) is 15.9. The largest absolute Gasteiger partial charge is 0.456 e. The van der Waals surface area contributed by atoms with Crippen molar-refractivity contribution in [2.24, 2.45) is 4.99 Å². The molecular weight excluding hydrogens is 699 g/mol. The van der Waals surface area contributed by atoms with Crippen LogP contribution in [-0.2, 0) is 0 Å². The Bertz CT molecular complexity index is 3360. The van der Waals surface area contributed by atoms with Crippen molar-refractivity contribution >= 4 is 71.4 Å². The first kappa shape index (κ1) is 31.9. The molecule has 6 nitrogen and oxygen atoms in total. The lowest BCUT2D eigenvalue weighted by Gasteiger charge is -2.32. The Morgan fingerprint density at radius 3 is 1.98 bits per heavy atom. The van der Waals surface area contributed by atoms with Crippen molar-refractivity contribution in [3.05, 3.63) is 205 Å². The Kier molecular flexibility index (Phi) is 7.03. The average Bonchev–Trinajstić information content (AvgIpc) is 3.93. The molecule has 2 unspecified atom stereocenters. The Balaban J connectivity index is 1.13. The molecule has 0 fully saturated rings. The van der Waals surface area contributed by atoms with Gasteiger partial charge in [-0.2, -0.15) is 0 Å². The molecule has 12 rings (SSSR count). The van der Waals surface area contributed by atoms with E-state index in [2.05, 4.69) is 196 Å². The molecule has 270 valence electrons. The molecule has 0 saturated heterocycles. The van der Waals surface area contributed by atoms with Gasteiger partial charge in [0.2, 0.25) is 0 Å². The zero-order chi connectivity index (χ0) is 37.5. The van der Waals surface area contributed by atoms with Crippen molar-refractivity contribution in [2.75, 3.05) is 0 Å². The third kappa shape index (κ3) is 4.98. The lowest BCUT2D eigenvalue weighted by molar-refractivity contribution is 0.409. The Morgan fingerprint density at radius 2 is 1.16 bits per heavy atom. The van der Waals surface area contributed by atoms with Gasteiger partial charge in [-0.15, -0.1) is 0 Å². The summed E-state index contributed by atoms with van der Waals surface area (Å²) in [5.74, 6) is 0.845. The van der Waals surface area contributed by atoms with E-state index in [4.69, 9.17) is 9.41 Å². The van der Waals surface area contributed by atoms with Crippen LogP contribution in [0.3, 0.4) is 0 Å². The van der Waals surface area contributed by atoms with Crippen molar-refractivity contribution in [3.8, 4) is 11.4 Å². The van der Waals surface area contributed by atoms with Crippen LogP contribution in [0.2, 0.25) is 0 Å². The highest BCUT2D eigenvalue weighted by molar-refractivity contribution is 6.28. The molecule has 0 saturated carbocycles. The number of hydrogen-bond donors (Lipinski definition) is 2. The van der Waals surface area contributed by atoms with Crippen LogP contribution in [-0.4, -0.2) is 15.0 Å². The van der Waals surface area contributed by atoms with Gasteiger partial charge in [0.15, 0.2) is 0 Å². The molecule has 0 amide bonds. The molecule has 3 aromatic heterocycles. The summed E-state index contributed by atoms with van der Waals surface area (Å²) in [5.41, 5.74) is 11.8. The van der Waals surface area contributed by atoms with Gasteiger partial charge < -0.3 is 18.9 Å². The van der Waals surface area contributed by atoms with E-state index in [9.17, 15) is 0 Å². The summed E-state index contributed by atoms with van der Waals surface area (Å²) in [4.78, 5) is 5.29. The van der Waals surface area contributed by atoms with Gasteiger partial charge in [0, 0.05) is 49.3 Å². The summed E-state index contributed by atoms with van der Waals surface area (Å²) < 4.78 is 11.4. The Labute approximate surface area is 327 Å². The lowest BCUT2D eigenvalue weighted by atomic mass is 10.1. The van der Waals surface area contributed by atoms with E-state index in [1.54, 1.807) is 0 Å². The van der Waals surface area contributed by atoms with Gasteiger partial charge in [0.05, 0.1) is 22.1 Å². The minimum absolute atomic E-state index is 0.125. The highest BCUT2D eigenvalue weighted by atomic mass is 16.3. The average molecular weight is 734 g/mol. The van der Waals surface area contributed by atoms with Crippen molar-refractivity contribution in [3.63, 3.8) is 0 Å². The van der Waals surface area contributed by atoms with Gasteiger partial charge in [-0.3, -0.25) is 5.32 Å². The zero-order valence-electron chi connectivity index (χ0n) is 30.8. The second-order valence-electron chi connectivity index (χ2n) is 14.8. The molecule has 2 atom stereocenters. The number of rotatable bonds is 5. The fourth-order valence-corrected chi connectivity index (χ4v) is 9.02. The molecule has 6 heteroatoms. The van der Waals surface area contributed by atoms with Crippen LogP contribution in [0, 0.1) is 0 Å². The molecule has 4 heterocycles. The summed E-state index contributed by atoms with van der Waals surface area (Å²) >= 11 is 0. The molecule has 11 aromatic rings. The predicted molar refractivity (Wildman–Crippen MR) is 234 cm³/mol. The maximum absolute atomic E-state index is 6.53. The van der Waals surface area contributed by atoms with Crippen molar-refractivity contribution < 1.29 is 4.42 Å². The molecule has 0 radical (unpaired) electrons. The Hall–Kier alpha value is -7.41. The van der Waals surface area contributed by atoms with Crippen molar-refractivity contribution in [1.82, 2.24) is 19.8 Å². The summed E-state index contributed by atoms with van der Waals surface area (Å²) in [6.45, 7) is 0. The van der Waals surface area contributed by atoms with E-state index in [0.29, 0.717) is 0 Å². The third-order valence-corrected chi connectivity index (χ3v) is 11.6. The van der Waals surface area contributed by atoms with E-state index in [-0.39, 0.29) is 12.3 Å². The van der Waals surface area contributed by atoms with Crippen LogP contribution < -0.4 is 10.6 Å². The zero-order valence-corrected chi connectivity index (χ0v) is 30.8. The second-order valence-corrected chi connectivity index (χ2v) is 14.8. The smallest absolute Gasteiger partial charge is 0.136 e.